The van der Waals surface area contributed by atoms with Gasteiger partial charge in [0, 0.05) is 184 Å². The van der Waals surface area contributed by atoms with Crippen molar-refractivity contribution in [1.29, 1.82) is 0 Å². The normalized spacial score (nSPS) is 13.1. The van der Waals surface area contributed by atoms with Crippen LogP contribution in [0.15, 0.2) is 84.9 Å². The molecular weight excluding hydrogens is 940 g/mol. The number of nitrogens with one attached hydrogen (secondary N) is 1. The number of hydrogen-bond acceptors (Lipinski definition) is 7. The Hall–Kier alpha value is -1.92. The van der Waals surface area contributed by atoms with Crippen molar-refractivity contribution in [3.63, 3.8) is 0 Å². The number of anilines is 2. The number of nitrogen functional groups attached to an aromatic ring is 1. The fraction of sp³-hybridized carbons (Fsp3) is 0.350. The fourth-order valence-electron chi connectivity index (χ4n) is 5.86. The minimum absolute atomic E-state index is 0.212. The van der Waals surface area contributed by atoms with Crippen LogP contribution in [0.3, 0.4) is 0 Å². The van der Waals surface area contributed by atoms with Gasteiger partial charge in [0.05, 0.1) is 20.1 Å². The Morgan fingerprint density at radius 3 is 1.32 bits per heavy atom. The van der Waals surface area contributed by atoms with Gasteiger partial charge in [0.2, 0.25) is 0 Å². The first-order valence-electron chi connectivity index (χ1n) is 21.3. The molecule has 4 aromatic carbocycles. The summed E-state index contributed by atoms with van der Waals surface area (Å²) in [6.07, 6.45) is 2.13. The van der Waals surface area contributed by atoms with Crippen LogP contribution in [0.4, 0.5) is 11.4 Å². The summed E-state index contributed by atoms with van der Waals surface area (Å²) in [4.78, 5) is 27.7. The summed E-state index contributed by atoms with van der Waals surface area (Å²) in [5.74, 6) is -0.212. The highest BCUT2D eigenvalue weighted by atomic mass is 35.5. The molecule has 0 aliphatic carbocycles. The minimum atomic E-state index is -0.667. The summed E-state index contributed by atoms with van der Waals surface area (Å²) in [7, 11) is 54.0. The smallest absolute Gasteiger partial charge is 0.255 e. The molecule has 68 heavy (non-hydrogen) atoms. The van der Waals surface area contributed by atoms with E-state index >= 15 is 0 Å². The topological polar surface area (TPSA) is 97.1 Å². The van der Waals surface area contributed by atoms with Gasteiger partial charge in [-0.3, -0.25) is 19.4 Å². The van der Waals surface area contributed by atoms with Gasteiger partial charge in [0.15, 0.2) is 0 Å². The predicted molar refractivity (Wildman–Crippen MR) is 305 cm³/mol. The molecule has 2 aliphatic heterocycles. The van der Waals surface area contributed by atoms with Crippen molar-refractivity contribution in [3.05, 3.63) is 127 Å². The fourth-order valence-corrected chi connectivity index (χ4v) is 6.58. The molecule has 4 aromatic rings. The van der Waals surface area contributed by atoms with Gasteiger partial charge in [-0.15, -0.1) is 0 Å². The molecule has 3 N–H and O–H groups in total. The zero-order chi connectivity index (χ0) is 51.3. The lowest BCUT2D eigenvalue weighted by Gasteiger charge is -2.31. The molecule has 0 aromatic heterocycles. The van der Waals surface area contributed by atoms with E-state index in [1.165, 1.54) is 36.4 Å². The number of nitrogens with two attached hydrogens (primary N) is 1. The summed E-state index contributed by atoms with van der Waals surface area (Å²) >= 11 is 28.3. The molecule has 28 heteroatoms. The Morgan fingerprint density at radius 2 is 0.985 bits per heavy atom. The van der Waals surface area contributed by atoms with E-state index in [1.807, 2.05) is 36.4 Å². The second-order valence-electron chi connectivity index (χ2n) is 15.4. The van der Waals surface area contributed by atoms with E-state index in [4.69, 9.17) is 127 Å². The van der Waals surface area contributed by atoms with Crippen molar-refractivity contribution in [1.82, 2.24) is 9.80 Å². The van der Waals surface area contributed by atoms with Crippen LogP contribution in [0.25, 0.3) is 0 Å². The van der Waals surface area contributed by atoms with Crippen LogP contribution in [0.2, 0.25) is 20.1 Å². The Labute approximate surface area is 446 Å². The number of carbonyl (C=O) groups is 2. The number of halogens is 5. The zero-order valence-corrected chi connectivity index (χ0v) is 42.2. The standard InChI is InChI=1S/C20H22Cl2N2O2.C13H20N2O.C7H3Cl3O.B6.B5.B4/c1-24(17-8-10-26-11-9-17)13-14-2-5-16(6-3-14)23-20(25)15-4-7-18(21)19(22)12-15;1-15(13-6-8-16-9-7-13)10-11-2-4-12(14)5-3-11;8-5-2-1-4(7(10)11)3-6(5)9;1-5(2)6(3)4;1-4-5(2)3;1-4(2)3/h2-7,12,17H,8-11,13H2,1H3,(H,23,25);2-5,13H,6-10,14H2,1H3;1-3H;;;. The number of rotatable bonds is 11. The average molecular weight is 985 g/mol. The maximum atomic E-state index is 12.3. The molecule has 329 valence electrons. The molecule has 2 heterocycles. The molecule has 2 fully saturated rings. The molecular formula is C40H45B15Cl5N4O4. The van der Waals surface area contributed by atoms with Gasteiger partial charge in [-0.25, -0.2) is 0 Å². The molecule has 2 saturated heterocycles. The van der Waals surface area contributed by atoms with Crippen LogP contribution in [0.5, 0.6) is 0 Å². The van der Waals surface area contributed by atoms with Crippen molar-refractivity contribution in [2.24, 2.45) is 0 Å². The molecule has 0 spiro atoms. The molecule has 0 bridgehead atoms. The van der Waals surface area contributed by atoms with E-state index in [0.717, 1.165) is 76.6 Å². The lowest BCUT2D eigenvalue weighted by Crippen LogP contribution is -2.38. The zero-order valence-electron chi connectivity index (χ0n) is 38.5. The predicted octanol–water partition coefficient (Wildman–Crippen LogP) is 4.40. The summed E-state index contributed by atoms with van der Waals surface area (Å²) in [5.41, 5.74) is 10.6. The Bertz CT molecular complexity index is 2020. The van der Waals surface area contributed by atoms with Crippen molar-refractivity contribution in [2.75, 3.05) is 51.6 Å². The Kier molecular flexibility index (Phi) is 34.0. The van der Waals surface area contributed by atoms with Crippen molar-refractivity contribution < 1.29 is 19.1 Å². The molecule has 8 nitrogen and oxygen atoms in total. The van der Waals surface area contributed by atoms with Crippen molar-refractivity contribution in [2.45, 2.75) is 50.9 Å². The van der Waals surface area contributed by atoms with Crippen LogP contribution >= 0.6 is 58.0 Å². The van der Waals surface area contributed by atoms with E-state index in [9.17, 15) is 9.59 Å². The average Bonchev–Trinajstić information content (AvgIpc) is 3.30. The molecule has 0 saturated carbocycles. The number of nitrogens with zero attached hydrogens (tertiary/aromatic N) is 2. The second kappa shape index (κ2) is 36.1. The van der Waals surface area contributed by atoms with E-state index in [0.29, 0.717) is 43.3 Å². The molecule has 6 rings (SSSR count). The van der Waals surface area contributed by atoms with Crippen LogP contribution in [0.1, 0.15) is 57.5 Å². The first kappa shape index (κ1) is 64.1. The maximum absolute atomic E-state index is 12.3. The molecule has 21 radical (unpaired) electrons. The van der Waals surface area contributed by atoms with Gasteiger partial charge in [-0.05, 0) is 123 Å². The monoisotopic (exact) mass is 985 g/mol. The lowest BCUT2D eigenvalue weighted by atomic mass is 8.81. The van der Waals surface area contributed by atoms with E-state index in [-0.39, 0.29) is 5.91 Å². The van der Waals surface area contributed by atoms with E-state index in [2.05, 4.69) is 64.6 Å². The number of amides is 1. The van der Waals surface area contributed by atoms with E-state index < -0.39 is 30.8 Å². The highest BCUT2D eigenvalue weighted by Gasteiger charge is 2.19. The van der Waals surface area contributed by atoms with Crippen molar-refractivity contribution in [3.8, 4) is 0 Å². The summed E-state index contributed by atoms with van der Waals surface area (Å²) in [5, 5.41) is 3.88. The summed E-state index contributed by atoms with van der Waals surface area (Å²) in [6.45, 7) is 5.35. The quantitative estimate of drug-likeness (QED) is 0.131. The lowest BCUT2D eigenvalue weighted by molar-refractivity contribution is 0.0406. The van der Waals surface area contributed by atoms with Gasteiger partial charge in [-0.2, -0.15) is 0 Å². The first-order chi connectivity index (χ1) is 32.0. The summed E-state index contributed by atoms with van der Waals surface area (Å²) in [6, 6.07) is 26.6. The molecule has 0 atom stereocenters. The largest absolute Gasteiger partial charge is 0.399 e. The van der Waals surface area contributed by atoms with Crippen LogP contribution in [0, 0.1) is 0 Å². The molecule has 1 amide bonds. The maximum Gasteiger partial charge on any atom is 0.255 e. The minimum Gasteiger partial charge on any atom is -0.399 e. The summed E-state index contributed by atoms with van der Waals surface area (Å²) < 4.78 is 10.8. The molecule has 2 aliphatic rings. The SMILES string of the molecule is CN(Cc1ccc(N)cc1)C1CCOCC1.CN(Cc1ccc(NC(=O)c2ccc(Cl)c(Cl)c2)cc1)C1CCOCC1.O=C(Cl)c1ccc(Cl)c(Cl)c1.[B]B([B])B([B])[B].[B]B([B])[B].[B][B]B([B])[B]. The Morgan fingerprint density at radius 1 is 0.632 bits per heavy atom. The molecule has 0 unspecified atom stereocenters. The number of ether oxygens (including phenoxy) is 2. The highest BCUT2D eigenvalue weighted by Crippen LogP contribution is 2.25. The number of benzene rings is 4. The van der Waals surface area contributed by atoms with Gasteiger partial charge in [0.1, 0.15) is 0 Å². The third kappa shape index (κ3) is 28.8. The third-order valence-corrected chi connectivity index (χ3v) is 11.4. The first-order valence-corrected chi connectivity index (χ1v) is 23.2. The second-order valence-corrected chi connectivity index (χ2v) is 17.4. The third-order valence-electron chi connectivity index (χ3n) is 9.68. The van der Waals surface area contributed by atoms with Gasteiger partial charge in [-0.1, -0.05) is 70.7 Å². The van der Waals surface area contributed by atoms with Gasteiger partial charge in [0.25, 0.3) is 11.1 Å². The van der Waals surface area contributed by atoms with Crippen LogP contribution in [-0.2, 0) is 22.6 Å². The van der Waals surface area contributed by atoms with Crippen LogP contribution < -0.4 is 11.1 Å². The highest BCUT2D eigenvalue weighted by molar-refractivity contribution is 7.76. The Balaban J connectivity index is 0.000000468. The van der Waals surface area contributed by atoms with Crippen molar-refractivity contribution >= 4 is 191 Å². The number of hydrogen-bond donors (Lipinski definition) is 2. The van der Waals surface area contributed by atoms with E-state index in [1.54, 1.807) is 18.2 Å². The number of carbonyl (C=O) groups excluding carboxylic acids is 2. The van der Waals surface area contributed by atoms with Gasteiger partial charge >= 0.3 is 0 Å². The van der Waals surface area contributed by atoms with Crippen LogP contribution in [-0.4, -0.2) is 184 Å². The van der Waals surface area contributed by atoms with Gasteiger partial charge < -0.3 is 20.5 Å².